The van der Waals surface area contributed by atoms with Crippen molar-refractivity contribution in [3.63, 3.8) is 0 Å². The third-order valence-corrected chi connectivity index (χ3v) is 2.74. The molecule has 0 aliphatic heterocycles. The number of aryl methyl sites for hydroxylation is 2. The number of fused-ring (bicyclic) bond motifs is 1. The van der Waals surface area contributed by atoms with Crippen LogP contribution >= 0.6 is 11.6 Å². The summed E-state index contributed by atoms with van der Waals surface area (Å²) in [7, 11) is 0. The first kappa shape index (κ1) is 9.52. The normalized spacial score (nSPS) is 11.4. The van der Waals surface area contributed by atoms with Gasteiger partial charge in [-0.15, -0.1) is 10.2 Å². The highest BCUT2D eigenvalue weighted by Gasteiger charge is 2.12. The molecule has 5 heteroatoms. The van der Waals surface area contributed by atoms with E-state index < -0.39 is 0 Å². The topological polar surface area (TPSA) is 46.0 Å². The molecule has 0 saturated heterocycles. The average molecular weight is 213 g/mol. The summed E-state index contributed by atoms with van der Waals surface area (Å²) in [5, 5.41) is 11.9. The second-order valence-electron chi connectivity index (χ2n) is 3.43. The maximum Gasteiger partial charge on any atom is 0.196 e. The van der Waals surface area contributed by atoms with Gasteiger partial charge in [-0.1, -0.05) is 24.9 Å². The smallest absolute Gasteiger partial charge is 0.196 e. The molecule has 76 valence electrons. The Bertz CT molecular complexity index is 443. The highest BCUT2D eigenvalue weighted by Crippen LogP contribution is 2.20. The van der Waals surface area contributed by atoms with Gasteiger partial charge in [0.05, 0.1) is 5.69 Å². The minimum atomic E-state index is 0.667. The van der Waals surface area contributed by atoms with Gasteiger partial charge < -0.3 is 0 Å². The number of unbranched alkanes of at least 4 members (excludes halogenated alkanes) is 1. The summed E-state index contributed by atoms with van der Waals surface area (Å²) in [6, 6.07) is 0. The molecule has 0 aliphatic rings. The van der Waals surface area contributed by atoms with E-state index in [1.807, 2.05) is 11.4 Å². The van der Waals surface area contributed by atoms with E-state index in [9.17, 15) is 0 Å². The first-order chi connectivity index (χ1) is 6.74. The Morgan fingerprint density at radius 1 is 1.43 bits per heavy atom. The van der Waals surface area contributed by atoms with E-state index in [4.69, 9.17) is 11.6 Å². The van der Waals surface area contributed by atoms with E-state index in [0.717, 1.165) is 36.4 Å². The zero-order valence-corrected chi connectivity index (χ0v) is 9.10. The second kappa shape index (κ2) is 3.61. The maximum absolute atomic E-state index is 6.03. The molecule has 0 atom stereocenters. The van der Waals surface area contributed by atoms with Crippen LogP contribution in [0.25, 0.3) is 5.65 Å². The van der Waals surface area contributed by atoms with Crippen molar-refractivity contribution in [1.29, 1.82) is 0 Å². The lowest BCUT2D eigenvalue weighted by Gasteiger charge is -1.94. The molecular weight excluding hydrogens is 200 g/mol. The van der Waals surface area contributed by atoms with Crippen molar-refractivity contribution < 1.29 is 0 Å². The summed E-state index contributed by atoms with van der Waals surface area (Å²) in [6.45, 7) is 4.09. The van der Waals surface area contributed by atoms with Crippen LogP contribution in [-0.2, 0) is 6.42 Å². The number of aromatic nitrogens is 4. The summed E-state index contributed by atoms with van der Waals surface area (Å²) >= 11 is 6.03. The van der Waals surface area contributed by atoms with E-state index >= 15 is 0 Å². The van der Waals surface area contributed by atoms with E-state index in [-0.39, 0.29) is 0 Å². The molecule has 0 aromatic carbocycles. The van der Waals surface area contributed by atoms with E-state index in [0.29, 0.717) is 5.02 Å². The number of hydrogen-bond acceptors (Lipinski definition) is 2. The van der Waals surface area contributed by atoms with Crippen molar-refractivity contribution in [2.75, 3.05) is 0 Å². The van der Waals surface area contributed by atoms with Crippen LogP contribution in [0.15, 0.2) is 0 Å². The van der Waals surface area contributed by atoms with Crippen molar-refractivity contribution in [3.05, 3.63) is 16.5 Å². The van der Waals surface area contributed by atoms with Crippen LogP contribution in [0.5, 0.6) is 0 Å². The van der Waals surface area contributed by atoms with Crippen LogP contribution in [0.1, 0.15) is 31.3 Å². The van der Waals surface area contributed by atoms with Crippen LogP contribution in [0.2, 0.25) is 5.02 Å². The summed E-state index contributed by atoms with van der Waals surface area (Å²) in [6.07, 6.45) is 3.22. The molecule has 0 bridgehead atoms. The number of hydrogen-bond donors (Lipinski definition) is 1. The van der Waals surface area contributed by atoms with Crippen LogP contribution in [0.4, 0.5) is 0 Å². The predicted octanol–water partition coefficient (Wildman–Crippen LogP) is 2.36. The van der Waals surface area contributed by atoms with Crippen LogP contribution in [-0.4, -0.2) is 19.8 Å². The standard InChI is InChI=1S/C9H13ClN4/c1-3-4-5-7-11-12-9-8(10)6(2)13-14(7)9/h13H,3-5H2,1-2H3. The largest absolute Gasteiger partial charge is 0.294 e. The molecule has 2 heterocycles. The fourth-order valence-corrected chi connectivity index (χ4v) is 1.62. The molecule has 0 radical (unpaired) electrons. The van der Waals surface area contributed by atoms with Crippen molar-refractivity contribution in [3.8, 4) is 0 Å². The predicted molar refractivity (Wildman–Crippen MR) is 55.7 cm³/mol. The fourth-order valence-electron chi connectivity index (χ4n) is 1.46. The van der Waals surface area contributed by atoms with Crippen molar-refractivity contribution >= 4 is 17.2 Å². The molecule has 2 aromatic rings. The lowest BCUT2D eigenvalue weighted by atomic mass is 10.2. The molecule has 1 N–H and O–H groups in total. The van der Waals surface area contributed by atoms with Gasteiger partial charge in [-0.3, -0.25) is 5.10 Å². The summed E-state index contributed by atoms with van der Waals surface area (Å²) < 4.78 is 1.87. The van der Waals surface area contributed by atoms with Crippen molar-refractivity contribution in [2.24, 2.45) is 0 Å². The molecule has 2 rings (SSSR count). The minimum absolute atomic E-state index is 0.667. The highest BCUT2D eigenvalue weighted by atomic mass is 35.5. The monoisotopic (exact) mass is 212 g/mol. The lowest BCUT2D eigenvalue weighted by Crippen LogP contribution is -1.95. The number of aromatic amines is 1. The first-order valence-corrected chi connectivity index (χ1v) is 5.20. The van der Waals surface area contributed by atoms with Gasteiger partial charge in [0, 0.05) is 6.42 Å². The van der Waals surface area contributed by atoms with Crippen molar-refractivity contribution in [2.45, 2.75) is 33.1 Å². The number of nitrogens with zero attached hydrogens (tertiary/aromatic N) is 3. The number of nitrogens with one attached hydrogen (secondary N) is 1. The van der Waals surface area contributed by atoms with Crippen LogP contribution in [0.3, 0.4) is 0 Å². The minimum Gasteiger partial charge on any atom is -0.294 e. The Morgan fingerprint density at radius 2 is 2.21 bits per heavy atom. The SMILES string of the molecule is CCCCc1nnc2c(Cl)c(C)[nH]n12. The molecular formula is C9H13ClN4. The molecule has 0 saturated carbocycles. The molecule has 0 spiro atoms. The lowest BCUT2D eigenvalue weighted by molar-refractivity contribution is 0.719. The molecule has 14 heavy (non-hydrogen) atoms. The average Bonchev–Trinajstić information content (AvgIpc) is 2.67. The third kappa shape index (κ3) is 1.39. The Kier molecular flexibility index (Phi) is 2.46. The van der Waals surface area contributed by atoms with Gasteiger partial charge in [-0.05, 0) is 13.3 Å². The molecule has 4 nitrogen and oxygen atoms in total. The summed E-state index contributed by atoms with van der Waals surface area (Å²) in [5.74, 6) is 0.955. The number of rotatable bonds is 3. The zero-order chi connectivity index (χ0) is 10.1. The summed E-state index contributed by atoms with van der Waals surface area (Å²) in [4.78, 5) is 0. The zero-order valence-electron chi connectivity index (χ0n) is 8.34. The fraction of sp³-hybridized carbons (Fsp3) is 0.556. The van der Waals surface area contributed by atoms with Gasteiger partial charge in [0.2, 0.25) is 0 Å². The second-order valence-corrected chi connectivity index (χ2v) is 3.81. The Hall–Kier alpha value is -1.03. The highest BCUT2D eigenvalue weighted by molar-refractivity contribution is 6.34. The van der Waals surface area contributed by atoms with Gasteiger partial charge in [-0.25, -0.2) is 4.52 Å². The quantitative estimate of drug-likeness (QED) is 0.849. The molecule has 0 fully saturated rings. The number of halogens is 1. The van der Waals surface area contributed by atoms with Crippen LogP contribution in [0, 0.1) is 6.92 Å². The first-order valence-electron chi connectivity index (χ1n) is 4.82. The van der Waals surface area contributed by atoms with E-state index in [1.54, 1.807) is 0 Å². The molecule has 2 aromatic heterocycles. The van der Waals surface area contributed by atoms with E-state index in [2.05, 4.69) is 22.2 Å². The maximum atomic E-state index is 6.03. The number of H-pyrrole nitrogens is 1. The molecule has 0 unspecified atom stereocenters. The molecule has 0 aliphatic carbocycles. The Morgan fingerprint density at radius 3 is 2.93 bits per heavy atom. The third-order valence-electron chi connectivity index (χ3n) is 2.29. The van der Waals surface area contributed by atoms with Crippen molar-refractivity contribution in [1.82, 2.24) is 19.8 Å². The van der Waals surface area contributed by atoms with Gasteiger partial charge in [0.15, 0.2) is 11.5 Å². The van der Waals surface area contributed by atoms with Crippen LogP contribution < -0.4 is 0 Å². The Balaban J connectivity index is 2.42. The molecule has 0 amide bonds. The van der Waals surface area contributed by atoms with Gasteiger partial charge in [-0.2, -0.15) is 0 Å². The van der Waals surface area contributed by atoms with Gasteiger partial charge in [0.1, 0.15) is 5.02 Å². The van der Waals surface area contributed by atoms with E-state index in [1.165, 1.54) is 0 Å². The van der Waals surface area contributed by atoms with Gasteiger partial charge in [0.25, 0.3) is 0 Å². The van der Waals surface area contributed by atoms with Gasteiger partial charge >= 0.3 is 0 Å². The Labute approximate surface area is 87.3 Å². The summed E-state index contributed by atoms with van der Waals surface area (Å²) in [5.41, 5.74) is 1.67.